The van der Waals surface area contributed by atoms with Crippen LogP contribution in [0.4, 0.5) is 0 Å². The van der Waals surface area contributed by atoms with Gasteiger partial charge in [-0.1, -0.05) is 6.07 Å². The van der Waals surface area contributed by atoms with Gasteiger partial charge in [0.2, 0.25) is 0 Å². The van der Waals surface area contributed by atoms with E-state index in [9.17, 15) is 0 Å². The summed E-state index contributed by atoms with van der Waals surface area (Å²) in [6.45, 7) is 8.28. The fourth-order valence-corrected chi connectivity index (χ4v) is 3.32. The first-order chi connectivity index (χ1) is 9.36. The molecule has 3 nitrogen and oxygen atoms in total. The van der Waals surface area contributed by atoms with Crippen LogP contribution in [0, 0.1) is 0 Å². The van der Waals surface area contributed by atoms with Crippen LogP contribution in [0.5, 0.6) is 5.75 Å². The Morgan fingerprint density at radius 3 is 2.30 bits per heavy atom. The number of rotatable bonds is 2. The fourth-order valence-electron chi connectivity index (χ4n) is 2.39. The molecule has 0 N–H and O–H groups in total. The highest BCUT2D eigenvalue weighted by Crippen LogP contribution is 2.38. The number of methoxy groups -OCH3 is 1. The largest absolute Gasteiger partial charge is 0.495 e. The van der Waals surface area contributed by atoms with Crippen molar-refractivity contribution in [3.05, 3.63) is 23.6 Å². The Morgan fingerprint density at radius 2 is 1.70 bits per heavy atom. The highest BCUT2D eigenvalue weighted by molar-refractivity contribution is 7.17. The molecule has 2 aromatic rings. The molecule has 0 aliphatic carbocycles. The van der Waals surface area contributed by atoms with Gasteiger partial charge in [0.1, 0.15) is 5.75 Å². The zero-order valence-corrected chi connectivity index (χ0v) is 13.3. The van der Waals surface area contributed by atoms with Crippen molar-refractivity contribution in [1.82, 2.24) is 0 Å². The second-order valence-electron chi connectivity index (χ2n) is 6.11. The topological polar surface area (TPSA) is 27.7 Å². The lowest BCUT2D eigenvalue weighted by atomic mass is 9.77. The molecule has 5 heteroatoms. The summed E-state index contributed by atoms with van der Waals surface area (Å²) in [4.78, 5) is 0. The number of hydrogen-bond donors (Lipinski definition) is 0. The van der Waals surface area contributed by atoms with Gasteiger partial charge < -0.3 is 14.0 Å². The molecule has 106 valence electrons. The molecule has 0 amide bonds. The molecule has 3 rings (SSSR count). The van der Waals surface area contributed by atoms with Crippen LogP contribution >= 0.6 is 11.3 Å². The van der Waals surface area contributed by atoms with Crippen molar-refractivity contribution in [2.45, 2.75) is 38.9 Å². The molecule has 1 aromatic carbocycles. The summed E-state index contributed by atoms with van der Waals surface area (Å²) in [6, 6.07) is 6.12. The quantitative estimate of drug-likeness (QED) is 0.795. The van der Waals surface area contributed by atoms with Crippen LogP contribution in [0.25, 0.3) is 10.1 Å². The molecule has 0 unspecified atom stereocenters. The zero-order valence-electron chi connectivity index (χ0n) is 12.5. The summed E-state index contributed by atoms with van der Waals surface area (Å²) in [5, 5.41) is 3.22. The van der Waals surface area contributed by atoms with E-state index in [1.807, 2.05) is 12.1 Å². The first-order valence-corrected chi connectivity index (χ1v) is 7.63. The third-order valence-corrected chi connectivity index (χ3v) is 5.27. The van der Waals surface area contributed by atoms with Gasteiger partial charge in [-0.3, -0.25) is 0 Å². The monoisotopic (exact) mass is 290 g/mol. The number of thiophene rings is 1. The van der Waals surface area contributed by atoms with E-state index in [1.54, 1.807) is 18.4 Å². The summed E-state index contributed by atoms with van der Waals surface area (Å²) >= 11 is 1.68. The van der Waals surface area contributed by atoms with Crippen molar-refractivity contribution >= 4 is 34.0 Å². The highest BCUT2D eigenvalue weighted by Gasteiger charge is 2.52. The summed E-state index contributed by atoms with van der Waals surface area (Å²) in [5.74, 6) is 0.898. The van der Waals surface area contributed by atoms with E-state index in [4.69, 9.17) is 14.0 Å². The third-order valence-electron chi connectivity index (χ3n) is 4.34. The Kier molecular flexibility index (Phi) is 3.12. The lowest BCUT2D eigenvalue weighted by Gasteiger charge is -2.32. The van der Waals surface area contributed by atoms with Crippen LogP contribution in [-0.2, 0) is 9.31 Å². The standard InChI is InChI=1S/C15H19BO3S/c1-14(2)15(3,4)19-16(18-14)11-6-7-12(17-5)13-10(11)8-9-20-13/h6-9H,1-5H3. The predicted octanol–water partition coefficient (Wildman–Crippen LogP) is 3.21. The van der Waals surface area contributed by atoms with Gasteiger partial charge in [-0.2, -0.15) is 0 Å². The van der Waals surface area contributed by atoms with E-state index in [1.165, 1.54) is 0 Å². The van der Waals surface area contributed by atoms with Crippen molar-refractivity contribution in [3.63, 3.8) is 0 Å². The molecule has 1 saturated heterocycles. The molecule has 0 atom stereocenters. The van der Waals surface area contributed by atoms with Gasteiger partial charge in [0.25, 0.3) is 0 Å². The van der Waals surface area contributed by atoms with Crippen molar-refractivity contribution in [2.75, 3.05) is 7.11 Å². The molecule has 0 saturated carbocycles. The van der Waals surface area contributed by atoms with Gasteiger partial charge in [-0.25, -0.2) is 0 Å². The Morgan fingerprint density at radius 1 is 1.05 bits per heavy atom. The minimum absolute atomic E-state index is 0.320. The minimum Gasteiger partial charge on any atom is -0.495 e. The van der Waals surface area contributed by atoms with Crippen LogP contribution in [0.15, 0.2) is 23.6 Å². The van der Waals surface area contributed by atoms with Crippen LogP contribution in [0.3, 0.4) is 0 Å². The maximum Gasteiger partial charge on any atom is 0.495 e. The van der Waals surface area contributed by atoms with E-state index in [2.05, 4.69) is 39.1 Å². The minimum atomic E-state index is -0.331. The van der Waals surface area contributed by atoms with Crippen molar-refractivity contribution < 1.29 is 14.0 Å². The average Bonchev–Trinajstić information content (AvgIpc) is 2.91. The average molecular weight is 290 g/mol. The number of ether oxygens (including phenoxy) is 1. The maximum absolute atomic E-state index is 6.14. The fraction of sp³-hybridized carbons (Fsp3) is 0.467. The van der Waals surface area contributed by atoms with E-state index in [-0.39, 0.29) is 18.3 Å². The number of benzene rings is 1. The van der Waals surface area contributed by atoms with Gasteiger partial charge in [0.05, 0.1) is 23.0 Å². The van der Waals surface area contributed by atoms with Gasteiger partial charge >= 0.3 is 7.12 Å². The summed E-state index contributed by atoms with van der Waals surface area (Å²) in [5.41, 5.74) is 0.431. The summed E-state index contributed by atoms with van der Waals surface area (Å²) in [6.07, 6.45) is 0. The number of fused-ring (bicyclic) bond motifs is 1. The van der Waals surface area contributed by atoms with Crippen LogP contribution in [0.2, 0.25) is 0 Å². The second-order valence-corrected chi connectivity index (χ2v) is 7.02. The van der Waals surface area contributed by atoms with E-state index in [0.717, 1.165) is 21.3 Å². The second kappa shape index (κ2) is 4.48. The Hall–Kier alpha value is -1.04. The lowest BCUT2D eigenvalue weighted by Crippen LogP contribution is -2.41. The summed E-state index contributed by atoms with van der Waals surface area (Å²) < 4.78 is 18.8. The van der Waals surface area contributed by atoms with Gasteiger partial charge in [-0.15, -0.1) is 11.3 Å². The normalized spacial score (nSPS) is 20.6. The van der Waals surface area contributed by atoms with E-state index < -0.39 is 0 Å². The Labute approximate surface area is 124 Å². The first-order valence-electron chi connectivity index (χ1n) is 6.75. The Balaban J connectivity index is 2.07. The molecule has 1 aliphatic rings. The predicted molar refractivity (Wildman–Crippen MR) is 84.1 cm³/mol. The zero-order chi connectivity index (χ0) is 14.5. The lowest BCUT2D eigenvalue weighted by molar-refractivity contribution is 0.00578. The van der Waals surface area contributed by atoms with Crippen LogP contribution < -0.4 is 10.2 Å². The van der Waals surface area contributed by atoms with Gasteiger partial charge in [-0.05, 0) is 56.1 Å². The molecule has 1 fully saturated rings. The first kappa shape index (κ1) is 13.9. The highest BCUT2D eigenvalue weighted by atomic mass is 32.1. The van der Waals surface area contributed by atoms with E-state index >= 15 is 0 Å². The van der Waals surface area contributed by atoms with E-state index in [0.29, 0.717) is 0 Å². The molecular weight excluding hydrogens is 271 g/mol. The van der Waals surface area contributed by atoms with Crippen LogP contribution in [-0.4, -0.2) is 25.4 Å². The number of hydrogen-bond acceptors (Lipinski definition) is 4. The molecule has 1 aromatic heterocycles. The van der Waals surface area contributed by atoms with Crippen molar-refractivity contribution in [2.24, 2.45) is 0 Å². The van der Waals surface area contributed by atoms with Crippen LogP contribution in [0.1, 0.15) is 27.7 Å². The SMILES string of the molecule is COc1ccc(B2OC(C)(C)C(C)(C)O2)c2ccsc12. The molecule has 0 radical (unpaired) electrons. The molecule has 2 heterocycles. The smallest absolute Gasteiger partial charge is 0.495 e. The molecule has 0 bridgehead atoms. The molecule has 20 heavy (non-hydrogen) atoms. The maximum atomic E-state index is 6.14. The molecular formula is C15H19BO3S. The third kappa shape index (κ3) is 1.96. The van der Waals surface area contributed by atoms with Crippen molar-refractivity contribution in [3.8, 4) is 5.75 Å². The van der Waals surface area contributed by atoms with Gasteiger partial charge in [0.15, 0.2) is 0 Å². The molecule has 0 spiro atoms. The van der Waals surface area contributed by atoms with Crippen molar-refractivity contribution in [1.29, 1.82) is 0 Å². The molecule has 1 aliphatic heterocycles. The Bertz CT molecular complexity index is 632. The summed E-state index contributed by atoms with van der Waals surface area (Å²) in [7, 11) is 1.37. The van der Waals surface area contributed by atoms with Gasteiger partial charge in [0, 0.05) is 0 Å².